The standard InChI is InChI=1S/C28H35N3O4S2/c1-6-29(7-2)25-14-12-24(13-15-25)28-30(36(32,33)26-16-8-21(3)9-17-26)20-23(5)31(28)37(34,35)27-18-10-22(4)11-19-27/h8-19,23,28H,6-7,20H2,1-5H3/t23-,28+/m1/s1. The summed E-state index contributed by atoms with van der Waals surface area (Å²) in [6.07, 6.45) is -1.02. The van der Waals surface area contributed by atoms with Crippen molar-refractivity contribution >= 4 is 25.7 Å². The summed E-state index contributed by atoms with van der Waals surface area (Å²) in [5.41, 5.74) is 3.49. The van der Waals surface area contributed by atoms with Crippen molar-refractivity contribution in [1.29, 1.82) is 0 Å². The molecular weight excluding hydrogens is 506 g/mol. The lowest BCUT2D eigenvalue weighted by Gasteiger charge is -2.31. The molecule has 3 aromatic rings. The molecule has 1 aliphatic rings. The molecule has 0 unspecified atom stereocenters. The molecule has 0 N–H and O–H groups in total. The van der Waals surface area contributed by atoms with E-state index < -0.39 is 32.3 Å². The maximum absolute atomic E-state index is 14.0. The van der Waals surface area contributed by atoms with E-state index in [0.29, 0.717) is 5.56 Å². The molecule has 0 amide bonds. The van der Waals surface area contributed by atoms with E-state index in [2.05, 4.69) is 18.7 Å². The van der Waals surface area contributed by atoms with E-state index in [1.54, 1.807) is 55.5 Å². The van der Waals surface area contributed by atoms with Gasteiger partial charge in [-0.2, -0.15) is 8.61 Å². The second-order valence-corrected chi connectivity index (χ2v) is 13.3. The summed E-state index contributed by atoms with van der Waals surface area (Å²) < 4.78 is 58.4. The first kappa shape index (κ1) is 27.3. The Morgan fingerprint density at radius 2 is 1.19 bits per heavy atom. The summed E-state index contributed by atoms with van der Waals surface area (Å²) in [6, 6.07) is 20.3. The number of anilines is 1. The maximum Gasteiger partial charge on any atom is 0.245 e. The molecule has 0 radical (unpaired) electrons. The van der Waals surface area contributed by atoms with E-state index in [1.165, 1.54) is 8.61 Å². The van der Waals surface area contributed by atoms with Crippen molar-refractivity contribution in [3.05, 3.63) is 89.5 Å². The van der Waals surface area contributed by atoms with Gasteiger partial charge in [0.25, 0.3) is 0 Å². The van der Waals surface area contributed by atoms with E-state index in [1.807, 2.05) is 38.1 Å². The van der Waals surface area contributed by atoms with Crippen LogP contribution in [0.25, 0.3) is 0 Å². The van der Waals surface area contributed by atoms with Gasteiger partial charge in [0, 0.05) is 31.4 Å². The molecule has 0 bridgehead atoms. The summed E-state index contributed by atoms with van der Waals surface area (Å²) in [5.74, 6) is 0. The molecule has 37 heavy (non-hydrogen) atoms. The highest BCUT2D eigenvalue weighted by atomic mass is 32.2. The Balaban J connectivity index is 1.85. The first-order valence-electron chi connectivity index (χ1n) is 12.5. The zero-order chi connectivity index (χ0) is 27.0. The zero-order valence-electron chi connectivity index (χ0n) is 22.0. The highest BCUT2D eigenvalue weighted by Gasteiger charge is 2.50. The lowest BCUT2D eigenvalue weighted by Crippen LogP contribution is -2.39. The van der Waals surface area contributed by atoms with Crippen molar-refractivity contribution in [2.75, 3.05) is 24.5 Å². The van der Waals surface area contributed by atoms with Gasteiger partial charge in [-0.3, -0.25) is 0 Å². The van der Waals surface area contributed by atoms with Crippen LogP contribution in [0.2, 0.25) is 0 Å². The number of rotatable bonds is 8. The van der Waals surface area contributed by atoms with Crippen LogP contribution in [-0.2, 0) is 20.0 Å². The van der Waals surface area contributed by atoms with Gasteiger partial charge < -0.3 is 4.90 Å². The first-order valence-corrected chi connectivity index (χ1v) is 15.4. The maximum atomic E-state index is 14.0. The fraction of sp³-hybridized carbons (Fsp3) is 0.357. The lowest BCUT2D eigenvalue weighted by atomic mass is 10.1. The number of aryl methyl sites for hydroxylation is 2. The van der Waals surface area contributed by atoms with Crippen LogP contribution < -0.4 is 4.90 Å². The van der Waals surface area contributed by atoms with Crippen LogP contribution in [0.4, 0.5) is 5.69 Å². The Morgan fingerprint density at radius 3 is 1.65 bits per heavy atom. The Labute approximate surface area is 221 Å². The van der Waals surface area contributed by atoms with E-state index in [9.17, 15) is 16.8 Å². The van der Waals surface area contributed by atoms with Crippen molar-refractivity contribution in [1.82, 2.24) is 8.61 Å². The Bertz CT molecular complexity index is 1430. The van der Waals surface area contributed by atoms with E-state index in [4.69, 9.17) is 0 Å². The van der Waals surface area contributed by atoms with Gasteiger partial charge in [0.2, 0.25) is 20.0 Å². The third-order valence-electron chi connectivity index (χ3n) is 6.94. The van der Waals surface area contributed by atoms with Crippen molar-refractivity contribution < 1.29 is 16.8 Å². The van der Waals surface area contributed by atoms with Gasteiger partial charge in [0.15, 0.2) is 0 Å². The zero-order valence-corrected chi connectivity index (χ0v) is 23.6. The van der Waals surface area contributed by atoms with Crippen LogP contribution in [-0.4, -0.2) is 51.1 Å². The molecule has 2 atom stereocenters. The number of sulfonamides is 2. The Hall–Kier alpha value is -2.72. The molecule has 7 nitrogen and oxygen atoms in total. The average Bonchev–Trinajstić information content (AvgIpc) is 3.24. The number of hydrogen-bond acceptors (Lipinski definition) is 5. The molecule has 1 aliphatic heterocycles. The second-order valence-electron chi connectivity index (χ2n) is 9.52. The fourth-order valence-corrected chi connectivity index (χ4v) is 8.31. The van der Waals surface area contributed by atoms with Crippen LogP contribution in [0.3, 0.4) is 0 Å². The van der Waals surface area contributed by atoms with Gasteiger partial charge >= 0.3 is 0 Å². The van der Waals surface area contributed by atoms with Crippen LogP contribution in [0, 0.1) is 13.8 Å². The molecule has 198 valence electrons. The van der Waals surface area contributed by atoms with Gasteiger partial charge in [-0.15, -0.1) is 0 Å². The number of hydrogen-bond donors (Lipinski definition) is 0. The normalized spacial score (nSPS) is 19.3. The third-order valence-corrected chi connectivity index (χ3v) is 10.8. The SMILES string of the molecule is CCN(CC)c1ccc([C@H]2N(S(=O)(=O)c3ccc(C)cc3)C[C@@H](C)N2S(=O)(=O)c2ccc(C)cc2)cc1. The van der Waals surface area contributed by atoms with Crippen LogP contribution >= 0.6 is 0 Å². The molecule has 3 aromatic carbocycles. The molecule has 9 heteroatoms. The van der Waals surface area contributed by atoms with Gasteiger partial charge in [0.1, 0.15) is 6.17 Å². The number of benzene rings is 3. The predicted molar refractivity (Wildman–Crippen MR) is 147 cm³/mol. The Kier molecular flexibility index (Phi) is 7.80. The van der Waals surface area contributed by atoms with Crippen molar-refractivity contribution in [2.45, 2.75) is 56.6 Å². The third kappa shape index (κ3) is 5.18. The number of nitrogens with zero attached hydrogens (tertiary/aromatic N) is 3. The van der Waals surface area contributed by atoms with Crippen molar-refractivity contribution in [3.8, 4) is 0 Å². The lowest BCUT2D eigenvalue weighted by molar-refractivity contribution is 0.276. The fourth-order valence-electron chi connectivity index (χ4n) is 4.84. The van der Waals surface area contributed by atoms with Crippen LogP contribution in [0.15, 0.2) is 82.6 Å². The minimum Gasteiger partial charge on any atom is -0.372 e. The van der Waals surface area contributed by atoms with E-state index >= 15 is 0 Å². The van der Waals surface area contributed by atoms with Gasteiger partial charge in [-0.1, -0.05) is 47.5 Å². The van der Waals surface area contributed by atoms with Crippen molar-refractivity contribution in [2.24, 2.45) is 0 Å². The monoisotopic (exact) mass is 541 g/mol. The van der Waals surface area contributed by atoms with Gasteiger partial charge in [-0.05, 0) is 76.6 Å². The minimum atomic E-state index is -4.00. The average molecular weight is 542 g/mol. The summed E-state index contributed by atoms with van der Waals surface area (Å²) in [7, 11) is -7.99. The van der Waals surface area contributed by atoms with Gasteiger partial charge in [0.05, 0.1) is 9.79 Å². The molecule has 1 saturated heterocycles. The minimum absolute atomic E-state index is 0.0454. The molecule has 1 heterocycles. The first-order chi connectivity index (χ1) is 17.5. The van der Waals surface area contributed by atoms with Crippen LogP contribution in [0.5, 0.6) is 0 Å². The second kappa shape index (κ2) is 10.6. The highest BCUT2D eigenvalue weighted by Crippen LogP contribution is 2.42. The topological polar surface area (TPSA) is 78.0 Å². The van der Waals surface area contributed by atoms with Crippen molar-refractivity contribution in [3.63, 3.8) is 0 Å². The van der Waals surface area contributed by atoms with Gasteiger partial charge in [-0.25, -0.2) is 16.8 Å². The summed E-state index contributed by atoms with van der Waals surface area (Å²) in [5, 5.41) is 0. The summed E-state index contributed by atoms with van der Waals surface area (Å²) >= 11 is 0. The molecule has 0 spiro atoms. The smallest absolute Gasteiger partial charge is 0.245 e. The molecular formula is C28H35N3O4S2. The summed E-state index contributed by atoms with van der Waals surface area (Å²) in [6.45, 7) is 11.4. The largest absolute Gasteiger partial charge is 0.372 e. The Morgan fingerprint density at radius 1 is 0.730 bits per heavy atom. The highest BCUT2D eigenvalue weighted by molar-refractivity contribution is 7.90. The predicted octanol–water partition coefficient (Wildman–Crippen LogP) is 4.93. The molecule has 1 fully saturated rings. The van der Waals surface area contributed by atoms with Crippen LogP contribution in [0.1, 0.15) is 43.6 Å². The summed E-state index contributed by atoms with van der Waals surface area (Å²) in [4.78, 5) is 2.47. The van der Waals surface area contributed by atoms with E-state index in [-0.39, 0.29) is 16.3 Å². The van der Waals surface area contributed by atoms with E-state index in [0.717, 1.165) is 29.9 Å². The molecule has 0 saturated carbocycles. The molecule has 0 aromatic heterocycles. The molecule has 4 rings (SSSR count). The molecule has 0 aliphatic carbocycles. The quantitative estimate of drug-likeness (QED) is 0.404.